The summed E-state index contributed by atoms with van der Waals surface area (Å²) < 4.78 is 35.8. The van der Waals surface area contributed by atoms with Gasteiger partial charge >= 0.3 is 0 Å². The number of benzene rings is 1. The Morgan fingerprint density at radius 1 is 1.50 bits per heavy atom. The summed E-state index contributed by atoms with van der Waals surface area (Å²) in [6.45, 7) is 0. The van der Waals surface area contributed by atoms with Gasteiger partial charge in [0.2, 0.25) is 0 Å². The molecule has 0 aromatic heterocycles. The molecule has 0 aliphatic heterocycles. The summed E-state index contributed by atoms with van der Waals surface area (Å²) in [4.78, 5) is 19.8. The number of non-ortho nitro benzene ring substituents is 1. The number of hydrogen-bond acceptors (Lipinski definition) is 5. The third-order valence-corrected chi connectivity index (χ3v) is 3.29. The summed E-state index contributed by atoms with van der Waals surface area (Å²) in [7, 11) is 1.56. The van der Waals surface area contributed by atoms with Gasteiger partial charge in [0.05, 0.1) is 10.5 Å². The van der Waals surface area contributed by atoms with E-state index in [4.69, 9.17) is 10.7 Å². The van der Waals surface area contributed by atoms with Crippen LogP contribution in [0.5, 0.6) is 0 Å². The average Bonchev–Trinajstić information content (AvgIpc) is 2.26. The Hall–Kier alpha value is -1.74. The maximum atomic E-state index is 13.7. The highest BCUT2D eigenvalue weighted by Gasteiger charge is 2.26. The fraction of sp³-hybridized carbons (Fsp3) is 0.125. The summed E-state index contributed by atoms with van der Waals surface area (Å²) in [5, 5.41) is 12.6. The molecule has 10 heteroatoms. The summed E-state index contributed by atoms with van der Waals surface area (Å²) in [6.07, 6.45) is 0. The maximum absolute atomic E-state index is 13.7. The van der Waals surface area contributed by atoms with Crippen molar-refractivity contribution in [1.82, 2.24) is 5.32 Å². The molecule has 0 saturated carbocycles. The molecule has 98 valence electrons. The first-order valence-corrected chi connectivity index (χ1v) is 6.64. The molecule has 18 heavy (non-hydrogen) atoms. The smallest absolute Gasteiger partial charge is 0.271 e. The van der Waals surface area contributed by atoms with Crippen LogP contribution in [-0.4, -0.2) is 26.3 Å². The van der Waals surface area contributed by atoms with E-state index in [1.807, 2.05) is 5.32 Å². The fourth-order valence-electron chi connectivity index (χ4n) is 1.17. The van der Waals surface area contributed by atoms with Gasteiger partial charge in [0.25, 0.3) is 20.6 Å². The number of hydrogen-bond donors (Lipinski definition) is 1. The van der Waals surface area contributed by atoms with Crippen molar-refractivity contribution in [2.24, 2.45) is 0 Å². The molecule has 1 aromatic rings. The van der Waals surface area contributed by atoms with Crippen LogP contribution >= 0.6 is 10.7 Å². The number of halogens is 2. The summed E-state index contributed by atoms with van der Waals surface area (Å²) in [6, 6.07) is 1.07. The lowest BCUT2D eigenvalue weighted by Crippen LogP contribution is -2.20. The molecule has 1 N–H and O–H groups in total. The van der Waals surface area contributed by atoms with Gasteiger partial charge in [-0.15, -0.1) is 0 Å². The largest absolute Gasteiger partial charge is 0.355 e. The molecule has 0 atom stereocenters. The monoisotopic (exact) mass is 296 g/mol. The second kappa shape index (κ2) is 4.86. The second-order valence-electron chi connectivity index (χ2n) is 3.08. The number of nitrogens with one attached hydrogen (secondary N) is 1. The zero-order chi connectivity index (χ0) is 14.1. The van der Waals surface area contributed by atoms with E-state index in [9.17, 15) is 27.7 Å². The Kier molecular flexibility index (Phi) is 3.87. The van der Waals surface area contributed by atoms with E-state index in [1.54, 1.807) is 0 Å². The van der Waals surface area contributed by atoms with Gasteiger partial charge in [-0.25, -0.2) is 12.8 Å². The highest BCUT2D eigenvalue weighted by molar-refractivity contribution is 8.13. The molecule has 0 aliphatic rings. The number of rotatable bonds is 3. The average molecular weight is 297 g/mol. The van der Waals surface area contributed by atoms with E-state index in [1.165, 1.54) is 0 Å². The van der Waals surface area contributed by atoms with Crippen LogP contribution in [0.1, 0.15) is 10.4 Å². The first kappa shape index (κ1) is 14.3. The summed E-state index contributed by atoms with van der Waals surface area (Å²) >= 11 is 0. The lowest BCUT2D eigenvalue weighted by molar-refractivity contribution is -0.385. The van der Waals surface area contributed by atoms with Gasteiger partial charge in [-0.2, -0.15) is 0 Å². The van der Waals surface area contributed by atoms with Crippen LogP contribution in [0.25, 0.3) is 0 Å². The molecule has 0 unspecified atom stereocenters. The number of amides is 1. The highest BCUT2D eigenvalue weighted by Crippen LogP contribution is 2.27. The molecule has 1 rings (SSSR count). The van der Waals surface area contributed by atoms with E-state index < -0.39 is 41.8 Å². The van der Waals surface area contributed by atoms with E-state index in [-0.39, 0.29) is 0 Å². The van der Waals surface area contributed by atoms with Crippen molar-refractivity contribution in [2.45, 2.75) is 4.90 Å². The van der Waals surface area contributed by atoms with E-state index in [2.05, 4.69) is 0 Å². The van der Waals surface area contributed by atoms with Gasteiger partial charge < -0.3 is 5.32 Å². The van der Waals surface area contributed by atoms with Crippen LogP contribution in [0.3, 0.4) is 0 Å². The van der Waals surface area contributed by atoms with Gasteiger partial charge in [-0.3, -0.25) is 14.9 Å². The SMILES string of the molecule is CNC(=O)c1cc([N+](=O)[O-])cc(S(=O)(=O)Cl)c1F. The van der Waals surface area contributed by atoms with Crippen molar-refractivity contribution >= 4 is 31.3 Å². The normalized spacial score (nSPS) is 11.1. The van der Waals surface area contributed by atoms with Gasteiger partial charge in [-0.1, -0.05) is 0 Å². The van der Waals surface area contributed by atoms with Crippen LogP contribution in [0.2, 0.25) is 0 Å². The molecule has 0 heterocycles. The molecule has 7 nitrogen and oxygen atoms in total. The molecule has 1 aromatic carbocycles. The molecule has 1 amide bonds. The molecule has 0 bridgehead atoms. The van der Waals surface area contributed by atoms with Gasteiger partial charge in [0.1, 0.15) is 4.90 Å². The van der Waals surface area contributed by atoms with Crippen molar-refractivity contribution in [2.75, 3.05) is 7.05 Å². The molecule has 0 spiro atoms. The van der Waals surface area contributed by atoms with Crippen molar-refractivity contribution in [1.29, 1.82) is 0 Å². The van der Waals surface area contributed by atoms with Crippen molar-refractivity contribution in [3.05, 3.63) is 33.6 Å². The minimum Gasteiger partial charge on any atom is -0.355 e. The Balaban J connectivity index is 3.69. The van der Waals surface area contributed by atoms with Crippen molar-refractivity contribution in [3.8, 4) is 0 Å². The van der Waals surface area contributed by atoms with Crippen LogP contribution < -0.4 is 5.32 Å². The lowest BCUT2D eigenvalue weighted by Gasteiger charge is -2.05. The number of carbonyl (C=O) groups is 1. The number of carbonyl (C=O) groups excluding carboxylic acids is 1. The number of nitro groups is 1. The third-order valence-electron chi connectivity index (χ3n) is 1.97. The van der Waals surface area contributed by atoms with Crippen molar-refractivity contribution < 1.29 is 22.5 Å². The first-order chi connectivity index (χ1) is 8.18. The molecule has 0 aliphatic carbocycles. The topological polar surface area (TPSA) is 106 Å². The zero-order valence-electron chi connectivity index (χ0n) is 8.81. The van der Waals surface area contributed by atoms with Gasteiger partial charge in [-0.05, 0) is 0 Å². The summed E-state index contributed by atoms with van der Waals surface area (Å²) in [5.74, 6) is -2.44. The molecule has 0 radical (unpaired) electrons. The van der Waals surface area contributed by atoms with Crippen LogP contribution in [0.4, 0.5) is 10.1 Å². The minimum absolute atomic E-state index is 0.449. The Bertz CT molecular complexity index is 631. The van der Waals surface area contributed by atoms with Crippen LogP contribution in [0, 0.1) is 15.9 Å². The zero-order valence-corrected chi connectivity index (χ0v) is 10.4. The highest BCUT2D eigenvalue weighted by atomic mass is 35.7. The van der Waals surface area contributed by atoms with E-state index in [0.717, 1.165) is 7.05 Å². The molecular weight excluding hydrogens is 291 g/mol. The predicted molar refractivity (Wildman–Crippen MR) is 59.5 cm³/mol. The van der Waals surface area contributed by atoms with Gasteiger partial charge in [0.15, 0.2) is 5.82 Å². The second-order valence-corrected chi connectivity index (χ2v) is 5.61. The van der Waals surface area contributed by atoms with Crippen LogP contribution in [0.15, 0.2) is 17.0 Å². The van der Waals surface area contributed by atoms with Crippen molar-refractivity contribution in [3.63, 3.8) is 0 Å². The Morgan fingerprint density at radius 2 is 2.06 bits per heavy atom. The maximum Gasteiger partial charge on any atom is 0.271 e. The molecule has 0 saturated heterocycles. The Labute approximate surface area is 105 Å². The van der Waals surface area contributed by atoms with Gasteiger partial charge in [0, 0.05) is 29.9 Å². The third kappa shape index (κ3) is 2.74. The number of nitrogens with zero attached hydrogens (tertiary/aromatic N) is 1. The summed E-state index contributed by atoms with van der Waals surface area (Å²) in [5.41, 5.74) is -1.53. The molecular formula is C8H6ClFN2O5S. The standard InChI is InChI=1S/C8H6ClFN2O5S/c1-11-8(13)5-2-4(12(14)15)3-6(7(5)10)18(9,16)17/h2-3H,1H3,(H,11,13). The molecule has 0 fully saturated rings. The first-order valence-electron chi connectivity index (χ1n) is 4.33. The van der Waals surface area contributed by atoms with Crippen LogP contribution in [-0.2, 0) is 9.05 Å². The number of nitro benzene ring substituents is 1. The Morgan fingerprint density at radius 3 is 2.44 bits per heavy atom. The minimum atomic E-state index is -4.54. The predicted octanol–water partition coefficient (Wildman–Crippen LogP) is 1.02. The quantitative estimate of drug-likeness (QED) is 0.509. The lowest BCUT2D eigenvalue weighted by atomic mass is 10.1. The fourth-order valence-corrected chi connectivity index (χ4v) is 2.09. The van der Waals surface area contributed by atoms with E-state index in [0.29, 0.717) is 12.1 Å². The van der Waals surface area contributed by atoms with E-state index >= 15 is 0 Å².